The van der Waals surface area contributed by atoms with Crippen molar-refractivity contribution in [3.05, 3.63) is 12.2 Å². The van der Waals surface area contributed by atoms with Gasteiger partial charge in [-0.3, -0.25) is 4.57 Å². The summed E-state index contributed by atoms with van der Waals surface area (Å²) in [6.07, 6.45) is 1.99. The predicted octanol–water partition coefficient (Wildman–Crippen LogP) is 2.08. The van der Waals surface area contributed by atoms with Crippen LogP contribution in [0.3, 0.4) is 0 Å². The number of unbranched alkanes of at least 4 members (excludes halogenated alkanes) is 1. The minimum atomic E-state index is -1.95. The van der Waals surface area contributed by atoms with Crippen LogP contribution in [-0.4, -0.2) is 57.5 Å². The second-order valence-corrected chi connectivity index (χ2v) is 7.14. The van der Waals surface area contributed by atoms with Gasteiger partial charge in [-0.05, 0) is 19.8 Å². The third-order valence-electron chi connectivity index (χ3n) is 2.38. The van der Waals surface area contributed by atoms with E-state index in [2.05, 4.69) is 27.7 Å². The molecule has 0 radical (unpaired) electrons. The number of esters is 1. The second kappa shape index (κ2) is 9.29. The third kappa shape index (κ3) is 12.2. The van der Waals surface area contributed by atoms with Gasteiger partial charge in [-0.1, -0.05) is 6.58 Å². The molecular formula is C13H27NO4P+. The normalized spacial score (nSPS) is 13.1. The van der Waals surface area contributed by atoms with E-state index in [-0.39, 0.29) is 5.97 Å². The van der Waals surface area contributed by atoms with Crippen molar-refractivity contribution in [1.29, 1.82) is 0 Å². The molecule has 0 aromatic heterocycles. The monoisotopic (exact) mass is 292 g/mol. The SMILES string of the molecule is C=C(C)C(=O)OCCCC[PH](=O)OCC[N+](C)(C)C. The Bertz CT molecular complexity index is 323. The van der Waals surface area contributed by atoms with Gasteiger partial charge < -0.3 is 13.7 Å². The molecule has 0 spiro atoms. The maximum Gasteiger partial charge on any atom is 0.333 e. The van der Waals surface area contributed by atoms with Crippen molar-refractivity contribution in [2.24, 2.45) is 0 Å². The summed E-state index contributed by atoms with van der Waals surface area (Å²) in [7, 11) is 4.25. The van der Waals surface area contributed by atoms with Crippen LogP contribution < -0.4 is 0 Å². The standard InChI is InChI=1S/C13H27NO4P/c1-12(2)13(15)17-9-6-7-11-19(16)18-10-8-14(3,4)5/h19H,1,6-11H2,2-5H3/q+1. The average molecular weight is 292 g/mol. The highest BCUT2D eigenvalue weighted by molar-refractivity contribution is 7.39. The number of carbonyl (C=O) groups is 1. The first-order valence-corrected chi connectivity index (χ1v) is 8.03. The molecule has 0 aromatic carbocycles. The molecule has 0 bridgehead atoms. The quantitative estimate of drug-likeness (QED) is 0.203. The van der Waals surface area contributed by atoms with E-state index < -0.39 is 8.03 Å². The Morgan fingerprint density at radius 3 is 2.37 bits per heavy atom. The lowest BCUT2D eigenvalue weighted by Crippen LogP contribution is -2.37. The fourth-order valence-electron chi connectivity index (χ4n) is 1.16. The van der Waals surface area contributed by atoms with E-state index in [1.165, 1.54) is 0 Å². The number of quaternary nitrogens is 1. The molecule has 0 saturated carbocycles. The first-order valence-electron chi connectivity index (χ1n) is 6.51. The second-order valence-electron chi connectivity index (χ2n) is 5.61. The lowest BCUT2D eigenvalue weighted by atomic mass is 10.3. The minimum Gasteiger partial charge on any atom is -0.462 e. The van der Waals surface area contributed by atoms with E-state index >= 15 is 0 Å². The van der Waals surface area contributed by atoms with Gasteiger partial charge in [0.1, 0.15) is 13.2 Å². The zero-order valence-corrected chi connectivity index (χ0v) is 13.5. The van der Waals surface area contributed by atoms with E-state index in [9.17, 15) is 9.36 Å². The van der Waals surface area contributed by atoms with Gasteiger partial charge in [-0.15, -0.1) is 0 Å². The first kappa shape index (κ1) is 18.4. The summed E-state index contributed by atoms with van der Waals surface area (Å²) in [5, 5.41) is 0. The molecule has 0 aliphatic carbocycles. The zero-order valence-electron chi connectivity index (χ0n) is 12.5. The molecule has 112 valence electrons. The third-order valence-corrected chi connectivity index (χ3v) is 3.67. The Morgan fingerprint density at radius 2 is 1.84 bits per heavy atom. The number of rotatable bonds is 10. The minimum absolute atomic E-state index is 0.347. The topological polar surface area (TPSA) is 52.6 Å². The number of ether oxygens (including phenoxy) is 1. The summed E-state index contributed by atoms with van der Waals surface area (Å²) in [6, 6.07) is 0. The van der Waals surface area contributed by atoms with Gasteiger partial charge in [0, 0.05) is 11.7 Å². The Balaban J connectivity index is 3.49. The average Bonchev–Trinajstić information content (AvgIpc) is 2.26. The lowest BCUT2D eigenvalue weighted by Gasteiger charge is -2.23. The highest BCUT2D eigenvalue weighted by Gasteiger charge is 2.08. The molecule has 1 unspecified atom stereocenters. The highest BCUT2D eigenvalue weighted by Crippen LogP contribution is 2.23. The van der Waals surface area contributed by atoms with Crippen LogP contribution in [0.1, 0.15) is 19.8 Å². The summed E-state index contributed by atoms with van der Waals surface area (Å²) in [6.45, 7) is 6.82. The molecule has 0 aliphatic heterocycles. The Morgan fingerprint density at radius 1 is 1.21 bits per heavy atom. The molecule has 19 heavy (non-hydrogen) atoms. The lowest BCUT2D eigenvalue weighted by molar-refractivity contribution is -0.870. The zero-order chi connectivity index (χ0) is 14.9. The molecule has 0 rings (SSSR count). The molecule has 6 heteroatoms. The van der Waals surface area contributed by atoms with Crippen molar-refractivity contribution in [3.8, 4) is 0 Å². The largest absolute Gasteiger partial charge is 0.462 e. The molecule has 0 heterocycles. The van der Waals surface area contributed by atoms with Crippen molar-refractivity contribution in [1.82, 2.24) is 0 Å². The van der Waals surface area contributed by atoms with Crippen molar-refractivity contribution in [2.45, 2.75) is 19.8 Å². The summed E-state index contributed by atoms with van der Waals surface area (Å²) < 4.78 is 22.6. The summed E-state index contributed by atoms with van der Waals surface area (Å²) in [5.74, 6) is -0.369. The maximum absolute atomic E-state index is 11.6. The Kier molecular flexibility index (Phi) is 8.98. The summed E-state index contributed by atoms with van der Waals surface area (Å²) in [4.78, 5) is 11.1. The van der Waals surface area contributed by atoms with Gasteiger partial charge in [0.05, 0.1) is 27.7 Å². The number of nitrogens with zero attached hydrogens (tertiary/aromatic N) is 1. The molecular weight excluding hydrogens is 265 g/mol. The number of carbonyl (C=O) groups excluding carboxylic acids is 1. The molecule has 5 nitrogen and oxygen atoms in total. The van der Waals surface area contributed by atoms with Crippen LogP contribution in [0, 0.1) is 0 Å². The van der Waals surface area contributed by atoms with E-state index in [0.717, 1.165) is 17.4 Å². The molecule has 0 saturated heterocycles. The van der Waals surface area contributed by atoms with Gasteiger partial charge in [-0.2, -0.15) is 0 Å². The van der Waals surface area contributed by atoms with Crippen molar-refractivity contribution >= 4 is 14.0 Å². The molecule has 1 atom stereocenters. The number of likely N-dealkylation sites (N-methyl/N-ethyl adjacent to an activating group) is 1. The summed E-state index contributed by atoms with van der Waals surface area (Å²) in [5.41, 5.74) is 0.400. The van der Waals surface area contributed by atoms with Crippen molar-refractivity contribution in [3.63, 3.8) is 0 Å². The van der Waals surface area contributed by atoms with Crippen LogP contribution in [0.5, 0.6) is 0 Å². The van der Waals surface area contributed by atoms with Gasteiger partial charge in [-0.25, -0.2) is 4.79 Å². The maximum atomic E-state index is 11.6. The fourth-order valence-corrected chi connectivity index (χ4v) is 2.17. The van der Waals surface area contributed by atoms with Gasteiger partial charge in [0.25, 0.3) is 0 Å². The van der Waals surface area contributed by atoms with Gasteiger partial charge in [0.2, 0.25) is 0 Å². The fraction of sp³-hybridized carbons (Fsp3) is 0.769. The molecule has 0 N–H and O–H groups in total. The van der Waals surface area contributed by atoms with Crippen LogP contribution in [0.25, 0.3) is 0 Å². The molecule has 0 aromatic rings. The van der Waals surface area contributed by atoms with E-state index in [1.807, 2.05) is 0 Å². The molecule has 0 fully saturated rings. The highest BCUT2D eigenvalue weighted by atomic mass is 31.1. The van der Waals surface area contributed by atoms with Crippen LogP contribution in [0.4, 0.5) is 0 Å². The smallest absolute Gasteiger partial charge is 0.333 e. The van der Waals surface area contributed by atoms with Crippen LogP contribution in [-0.2, 0) is 18.6 Å². The molecule has 0 aliphatic rings. The van der Waals surface area contributed by atoms with E-state index in [1.54, 1.807) is 6.92 Å². The van der Waals surface area contributed by atoms with Crippen LogP contribution in [0.15, 0.2) is 12.2 Å². The van der Waals surface area contributed by atoms with Gasteiger partial charge in [0.15, 0.2) is 8.03 Å². The summed E-state index contributed by atoms with van der Waals surface area (Å²) >= 11 is 0. The van der Waals surface area contributed by atoms with Crippen molar-refractivity contribution < 1.29 is 23.1 Å². The Labute approximate surface area is 117 Å². The van der Waals surface area contributed by atoms with Gasteiger partial charge >= 0.3 is 5.97 Å². The van der Waals surface area contributed by atoms with Crippen molar-refractivity contribution in [2.75, 3.05) is 47.1 Å². The number of hydrogen-bond donors (Lipinski definition) is 0. The molecule has 0 amide bonds. The number of hydrogen-bond acceptors (Lipinski definition) is 4. The van der Waals surface area contributed by atoms with Crippen LogP contribution >= 0.6 is 8.03 Å². The predicted molar refractivity (Wildman–Crippen MR) is 77.7 cm³/mol. The van der Waals surface area contributed by atoms with E-state index in [0.29, 0.717) is 31.4 Å². The van der Waals surface area contributed by atoms with Crippen LogP contribution in [0.2, 0.25) is 0 Å². The van der Waals surface area contributed by atoms with E-state index in [4.69, 9.17) is 9.26 Å². The Hall–Kier alpha value is -0.640. The first-order chi connectivity index (χ1) is 8.72.